The van der Waals surface area contributed by atoms with E-state index in [1.165, 1.54) is 5.56 Å². The van der Waals surface area contributed by atoms with Crippen LogP contribution in [0.15, 0.2) is 91.0 Å². The van der Waals surface area contributed by atoms with Crippen LogP contribution in [0.4, 0.5) is 0 Å². The molecule has 1 nitrogen and oxygen atoms in total. The van der Waals surface area contributed by atoms with Crippen LogP contribution in [0.2, 0.25) is 0 Å². The van der Waals surface area contributed by atoms with E-state index in [-0.39, 0.29) is 0 Å². The van der Waals surface area contributed by atoms with E-state index in [0.29, 0.717) is 0 Å². The largest absolute Gasteiger partial charge is 0.318 e. The number of nitrogens with two attached hydrogens (primary N) is 1. The van der Waals surface area contributed by atoms with Gasteiger partial charge in [0.2, 0.25) is 0 Å². The summed E-state index contributed by atoms with van der Waals surface area (Å²) in [5.74, 6) is 0. The van der Waals surface area contributed by atoms with Gasteiger partial charge in [-0.1, -0.05) is 91.0 Å². The molecule has 0 saturated carbocycles. The van der Waals surface area contributed by atoms with Crippen LogP contribution in [0.5, 0.6) is 0 Å². The summed E-state index contributed by atoms with van der Waals surface area (Å²) in [6, 6.07) is 31.3. The van der Waals surface area contributed by atoms with Crippen molar-refractivity contribution in [3.63, 3.8) is 0 Å². The van der Waals surface area contributed by atoms with Crippen molar-refractivity contribution in [2.24, 2.45) is 5.73 Å². The minimum Gasteiger partial charge on any atom is -0.318 e. The Morgan fingerprint density at radius 3 is 1.45 bits per heavy atom. The molecule has 1 heteroatoms. The third-order valence-electron chi connectivity index (χ3n) is 4.23. The van der Waals surface area contributed by atoms with Gasteiger partial charge < -0.3 is 5.73 Å². The number of hydrogen-bond acceptors (Lipinski definition) is 1. The summed E-state index contributed by atoms with van der Waals surface area (Å²) in [6.45, 7) is 0. The maximum Gasteiger partial charge on any atom is 0.0668 e. The predicted molar refractivity (Wildman–Crippen MR) is 92.6 cm³/mol. The fraction of sp³-hybridized carbons (Fsp3) is 0.143. The highest BCUT2D eigenvalue weighted by Gasteiger charge is 2.28. The van der Waals surface area contributed by atoms with Crippen molar-refractivity contribution in [2.45, 2.75) is 18.4 Å². The van der Waals surface area contributed by atoms with Crippen molar-refractivity contribution < 1.29 is 0 Å². The molecule has 0 amide bonds. The molecule has 0 atom stereocenters. The van der Waals surface area contributed by atoms with Crippen LogP contribution in [0, 0.1) is 0 Å². The zero-order valence-corrected chi connectivity index (χ0v) is 12.7. The van der Waals surface area contributed by atoms with Crippen molar-refractivity contribution in [1.29, 1.82) is 0 Å². The lowest BCUT2D eigenvalue weighted by Crippen LogP contribution is -2.38. The van der Waals surface area contributed by atoms with Gasteiger partial charge in [0.15, 0.2) is 0 Å². The Kier molecular flexibility index (Phi) is 4.36. The summed E-state index contributed by atoms with van der Waals surface area (Å²) < 4.78 is 0. The molecular weight excluding hydrogens is 266 g/mol. The van der Waals surface area contributed by atoms with Gasteiger partial charge in [0.1, 0.15) is 0 Å². The Morgan fingerprint density at radius 1 is 0.591 bits per heavy atom. The third kappa shape index (κ3) is 3.10. The van der Waals surface area contributed by atoms with E-state index in [1.807, 2.05) is 18.2 Å². The van der Waals surface area contributed by atoms with Crippen LogP contribution < -0.4 is 5.73 Å². The molecule has 0 fully saturated rings. The van der Waals surface area contributed by atoms with Gasteiger partial charge in [0.05, 0.1) is 5.54 Å². The first kappa shape index (κ1) is 14.6. The van der Waals surface area contributed by atoms with E-state index in [1.54, 1.807) is 0 Å². The molecule has 0 aliphatic rings. The number of rotatable bonds is 5. The van der Waals surface area contributed by atoms with Crippen molar-refractivity contribution in [3.8, 4) is 0 Å². The number of benzene rings is 3. The van der Waals surface area contributed by atoms with E-state index in [0.717, 1.165) is 24.0 Å². The Labute approximate surface area is 132 Å². The molecule has 3 aromatic carbocycles. The van der Waals surface area contributed by atoms with Gasteiger partial charge in [0, 0.05) is 0 Å². The Hall–Kier alpha value is -2.38. The second kappa shape index (κ2) is 6.59. The first-order valence-electron chi connectivity index (χ1n) is 7.73. The zero-order chi connectivity index (χ0) is 15.3. The van der Waals surface area contributed by atoms with Crippen molar-refractivity contribution in [1.82, 2.24) is 0 Å². The summed E-state index contributed by atoms with van der Waals surface area (Å²) in [6.07, 6.45) is 1.84. The molecule has 0 aromatic heterocycles. The molecule has 0 bridgehead atoms. The van der Waals surface area contributed by atoms with E-state index in [9.17, 15) is 0 Å². The number of hydrogen-bond donors (Lipinski definition) is 1. The Bertz CT molecular complexity index is 650. The Morgan fingerprint density at radius 2 is 1.00 bits per heavy atom. The predicted octanol–water partition coefficient (Wildman–Crippen LogP) is 4.52. The van der Waals surface area contributed by atoms with E-state index >= 15 is 0 Å². The van der Waals surface area contributed by atoms with E-state index in [4.69, 9.17) is 5.73 Å². The van der Waals surface area contributed by atoms with Crippen molar-refractivity contribution >= 4 is 0 Å². The van der Waals surface area contributed by atoms with Gasteiger partial charge in [-0.25, -0.2) is 0 Å². The van der Waals surface area contributed by atoms with Crippen molar-refractivity contribution in [2.75, 3.05) is 0 Å². The molecule has 22 heavy (non-hydrogen) atoms. The van der Waals surface area contributed by atoms with Crippen LogP contribution in [0.3, 0.4) is 0 Å². The molecule has 0 unspecified atom stereocenters. The fourth-order valence-corrected chi connectivity index (χ4v) is 2.91. The SMILES string of the molecule is NC(CCc1ccccc1)(c1ccccc1)c1ccccc1. The molecule has 0 spiro atoms. The average Bonchev–Trinajstić information content (AvgIpc) is 2.62. The van der Waals surface area contributed by atoms with E-state index in [2.05, 4.69) is 72.8 Å². The van der Waals surface area contributed by atoms with Crippen LogP contribution in [0.1, 0.15) is 23.1 Å². The minimum atomic E-state index is -0.460. The van der Waals surface area contributed by atoms with Gasteiger partial charge >= 0.3 is 0 Å². The molecule has 3 rings (SSSR count). The fourth-order valence-electron chi connectivity index (χ4n) is 2.91. The standard InChI is InChI=1S/C21H21N/c22-21(19-12-6-2-7-13-19,20-14-8-3-9-15-20)17-16-18-10-4-1-5-11-18/h1-15H,16-17,22H2. The van der Waals surface area contributed by atoms with Crippen LogP contribution in [0.25, 0.3) is 0 Å². The zero-order valence-electron chi connectivity index (χ0n) is 12.7. The lowest BCUT2D eigenvalue weighted by Gasteiger charge is -2.31. The van der Waals surface area contributed by atoms with Crippen LogP contribution in [-0.4, -0.2) is 0 Å². The average molecular weight is 287 g/mol. The summed E-state index contributed by atoms with van der Waals surface area (Å²) in [5, 5.41) is 0. The molecule has 0 saturated heterocycles. The first-order chi connectivity index (χ1) is 10.8. The first-order valence-corrected chi connectivity index (χ1v) is 7.73. The second-order valence-electron chi connectivity index (χ2n) is 5.69. The van der Waals surface area contributed by atoms with Gasteiger partial charge in [-0.15, -0.1) is 0 Å². The van der Waals surface area contributed by atoms with Crippen molar-refractivity contribution in [3.05, 3.63) is 108 Å². The molecule has 3 aromatic rings. The molecule has 0 aliphatic carbocycles. The molecule has 0 aliphatic heterocycles. The lowest BCUT2D eigenvalue weighted by molar-refractivity contribution is 0.492. The quantitative estimate of drug-likeness (QED) is 0.733. The highest BCUT2D eigenvalue weighted by molar-refractivity contribution is 5.38. The summed E-state index contributed by atoms with van der Waals surface area (Å²) in [7, 11) is 0. The smallest absolute Gasteiger partial charge is 0.0668 e. The van der Waals surface area contributed by atoms with Crippen LogP contribution >= 0.6 is 0 Å². The van der Waals surface area contributed by atoms with Crippen LogP contribution in [-0.2, 0) is 12.0 Å². The highest BCUT2D eigenvalue weighted by Crippen LogP contribution is 2.31. The number of aryl methyl sites for hydroxylation is 1. The van der Waals surface area contributed by atoms with E-state index < -0.39 is 5.54 Å². The van der Waals surface area contributed by atoms with Gasteiger partial charge in [-0.2, -0.15) is 0 Å². The maximum absolute atomic E-state index is 6.89. The molecule has 0 heterocycles. The van der Waals surface area contributed by atoms with Gasteiger partial charge in [-0.05, 0) is 29.5 Å². The summed E-state index contributed by atoms with van der Waals surface area (Å²) >= 11 is 0. The lowest BCUT2D eigenvalue weighted by atomic mass is 9.79. The van der Waals surface area contributed by atoms with Gasteiger partial charge in [-0.3, -0.25) is 0 Å². The maximum atomic E-state index is 6.89. The highest BCUT2D eigenvalue weighted by atomic mass is 14.7. The summed E-state index contributed by atoms with van der Waals surface area (Å²) in [5.41, 5.74) is 10.1. The molecule has 110 valence electrons. The molecule has 2 N–H and O–H groups in total. The summed E-state index contributed by atoms with van der Waals surface area (Å²) in [4.78, 5) is 0. The van der Waals surface area contributed by atoms with Gasteiger partial charge in [0.25, 0.3) is 0 Å². The monoisotopic (exact) mass is 287 g/mol. The minimum absolute atomic E-state index is 0.460. The second-order valence-corrected chi connectivity index (χ2v) is 5.69. The topological polar surface area (TPSA) is 26.0 Å². The Balaban J connectivity index is 1.93. The third-order valence-corrected chi connectivity index (χ3v) is 4.23. The normalized spacial score (nSPS) is 11.3. The molecule has 0 radical (unpaired) electrons. The molecular formula is C21H21N.